The number of hydrogen-bond acceptors (Lipinski definition) is 3. The predicted molar refractivity (Wildman–Crippen MR) is 69.1 cm³/mol. The van der Waals surface area contributed by atoms with Gasteiger partial charge in [-0.3, -0.25) is 0 Å². The molecule has 0 aliphatic carbocycles. The normalized spacial score (nSPS) is 12.1. The van der Waals surface area contributed by atoms with Crippen LogP contribution in [0.5, 0.6) is 0 Å². The fraction of sp³-hybridized carbons (Fsp3) is 0.417. The van der Waals surface area contributed by atoms with E-state index in [9.17, 15) is 4.39 Å². The monoisotopic (exact) mass is 256 g/mol. The quantitative estimate of drug-likeness (QED) is 0.280. The fourth-order valence-corrected chi connectivity index (χ4v) is 2.58. The molecule has 0 aliphatic heterocycles. The lowest BCUT2D eigenvalue weighted by atomic mass is 10.2. The maximum absolute atomic E-state index is 13.1. The molecular weight excluding hydrogens is 239 g/mol. The van der Waals surface area contributed by atoms with Crippen LogP contribution in [0.25, 0.3) is 0 Å². The van der Waals surface area contributed by atoms with E-state index in [4.69, 9.17) is 10.9 Å². The minimum Gasteiger partial charge on any atom is -0.409 e. The molecule has 0 fully saturated rings. The molecule has 0 radical (unpaired) electrons. The topological polar surface area (TPSA) is 58.6 Å². The smallest absolute Gasteiger partial charge is 0.171 e. The van der Waals surface area contributed by atoms with Gasteiger partial charge < -0.3 is 10.9 Å². The summed E-state index contributed by atoms with van der Waals surface area (Å²) in [5.74, 6) is 1.10. The van der Waals surface area contributed by atoms with Gasteiger partial charge in [-0.2, -0.15) is 0 Å². The maximum atomic E-state index is 13.1. The number of halogens is 1. The van der Waals surface area contributed by atoms with E-state index in [0.29, 0.717) is 11.5 Å². The highest BCUT2D eigenvalue weighted by Gasteiger charge is 2.09. The van der Waals surface area contributed by atoms with E-state index in [2.05, 4.69) is 19.0 Å². The summed E-state index contributed by atoms with van der Waals surface area (Å²) in [6, 6.07) is 4.33. The summed E-state index contributed by atoms with van der Waals surface area (Å²) in [5.41, 5.74) is 5.96. The van der Waals surface area contributed by atoms with E-state index in [0.717, 1.165) is 17.1 Å². The van der Waals surface area contributed by atoms with E-state index in [1.165, 1.54) is 12.1 Å². The van der Waals surface area contributed by atoms with Crippen molar-refractivity contribution >= 4 is 17.6 Å². The van der Waals surface area contributed by atoms with Gasteiger partial charge in [0.1, 0.15) is 5.82 Å². The van der Waals surface area contributed by atoms with Gasteiger partial charge >= 0.3 is 0 Å². The van der Waals surface area contributed by atoms with Crippen LogP contribution >= 0.6 is 11.8 Å². The Balaban J connectivity index is 2.83. The van der Waals surface area contributed by atoms with Crippen LogP contribution in [0.2, 0.25) is 0 Å². The first-order valence-electron chi connectivity index (χ1n) is 5.45. The molecule has 0 aliphatic rings. The van der Waals surface area contributed by atoms with Crippen molar-refractivity contribution in [2.45, 2.75) is 25.2 Å². The Morgan fingerprint density at radius 3 is 2.82 bits per heavy atom. The highest BCUT2D eigenvalue weighted by molar-refractivity contribution is 7.99. The highest BCUT2D eigenvalue weighted by atomic mass is 32.2. The van der Waals surface area contributed by atoms with Gasteiger partial charge in [0.25, 0.3) is 0 Å². The zero-order chi connectivity index (χ0) is 12.8. The first-order chi connectivity index (χ1) is 8.04. The summed E-state index contributed by atoms with van der Waals surface area (Å²) in [7, 11) is 0. The number of hydrogen-bond donors (Lipinski definition) is 2. The molecule has 1 aromatic rings. The van der Waals surface area contributed by atoms with Crippen molar-refractivity contribution in [1.82, 2.24) is 0 Å². The Kier molecular flexibility index (Phi) is 5.28. The van der Waals surface area contributed by atoms with Gasteiger partial charge in [0.15, 0.2) is 5.84 Å². The molecule has 0 amide bonds. The summed E-state index contributed by atoms with van der Waals surface area (Å²) in [5, 5.41) is 11.6. The molecule has 94 valence electrons. The lowest BCUT2D eigenvalue weighted by Crippen LogP contribution is -2.14. The molecule has 0 spiro atoms. The Labute approximate surface area is 105 Å². The highest BCUT2D eigenvalue weighted by Crippen LogP contribution is 2.25. The number of oxime groups is 1. The molecule has 5 heteroatoms. The van der Waals surface area contributed by atoms with Crippen molar-refractivity contribution in [1.29, 1.82) is 0 Å². The molecule has 0 aromatic heterocycles. The summed E-state index contributed by atoms with van der Waals surface area (Å²) < 4.78 is 13.1. The third kappa shape index (κ3) is 4.26. The third-order valence-electron chi connectivity index (χ3n) is 2.28. The molecule has 0 atom stereocenters. The van der Waals surface area contributed by atoms with Crippen molar-refractivity contribution in [2.24, 2.45) is 16.8 Å². The zero-order valence-corrected chi connectivity index (χ0v) is 10.8. The van der Waals surface area contributed by atoms with Crippen LogP contribution in [0.4, 0.5) is 4.39 Å². The van der Waals surface area contributed by atoms with Gasteiger partial charge in [0.05, 0.1) is 0 Å². The largest absolute Gasteiger partial charge is 0.409 e. The van der Waals surface area contributed by atoms with E-state index < -0.39 is 0 Å². The molecule has 17 heavy (non-hydrogen) atoms. The van der Waals surface area contributed by atoms with E-state index in [-0.39, 0.29) is 11.7 Å². The van der Waals surface area contributed by atoms with Gasteiger partial charge in [-0.15, -0.1) is 11.8 Å². The number of benzene rings is 1. The van der Waals surface area contributed by atoms with Gasteiger partial charge in [0, 0.05) is 10.5 Å². The average Bonchev–Trinajstić information content (AvgIpc) is 2.29. The Morgan fingerprint density at radius 1 is 1.53 bits per heavy atom. The molecule has 0 saturated carbocycles. The first kappa shape index (κ1) is 13.8. The second-order valence-electron chi connectivity index (χ2n) is 4.16. The van der Waals surface area contributed by atoms with Crippen molar-refractivity contribution in [3.8, 4) is 0 Å². The second kappa shape index (κ2) is 6.49. The van der Waals surface area contributed by atoms with Crippen molar-refractivity contribution in [3.63, 3.8) is 0 Å². The summed E-state index contributed by atoms with van der Waals surface area (Å²) in [6.45, 7) is 4.30. The van der Waals surface area contributed by atoms with Crippen LogP contribution in [0.3, 0.4) is 0 Å². The van der Waals surface area contributed by atoms with Gasteiger partial charge in [-0.05, 0) is 36.3 Å². The lowest BCUT2D eigenvalue weighted by Gasteiger charge is -2.09. The number of rotatable bonds is 5. The maximum Gasteiger partial charge on any atom is 0.171 e. The van der Waals surface area contributed by atoms with Crippen molar-refractivity contribution in [3.05, 3.63) is 29.6 Å². The number of nitrogens with zero attached hydrogens (tertiary/aromatic N) is 1. The molecule has 3 nitrogen and oxygen atoms in total. The van der Waals surface area contributed by atoms with Crippen LogP contribution in [0, 0.1) is 11.7 Å². The molecule has 0 bridgehead atoms. The summed E-state index contributed by atoms with van der Waals surface area (Å²) in [4.78, 5) is 0.836. The predicted octanol–water partition coefficient (Wildman–Crippen LogP) is 3.06. The van der Waals surface area contributed by atoms with Crippen LogP contribution in [-0.4, -0.2) is 16.8 Å². The summed E-state index contributed by atoms with van der Waals surface area (Å²) >= 11 is 1.59. The summed E-state index contributed by atoms with van der Waals surface area (Å²) in [6.07, 6.45) is 1.07. The molecule has 1 aromatic carbocycles. The third-order valence-corrected chi connectivity index (χ3v) is 3.38. The Hall–Kier alpha value is -1.23. The molecule has 0 heterocycles. The van der Waals surface area contributed by atoms with Crippen molar-refractivity contribution in [2.75, 3.05) is 5.75 Å². The fourth-order valence-electron chi connectivity index (χ4n) is 1.29. The number of amidine groups is 1. The van der Waals surface area contributed by atoms with Gasteiger partial charge in [-0.1, -0.05) is 19.0 Å². The molecule has 0 saturated heterocycles. The molecule has 0 unspecified atom stereocenters. The first-order valence-corrected chi connectivity index (χ1v) is 6.43. The molecule has 3 N–H and O–H groups in total. The lowest BCUT2D eigenvalue weighted by molar-refractivity contribution is 0.318. The van der Waals surface area contributed by atoms with Crippen LogP contribution in [0.1, 0.15) is 25.8 Å². The molecule has 1 rings (SSSR count). The second-order valence-corrected chi connectivity index (χ2v) is 5.29. The van der Waals surface area contributed by atoms with Crippen LogP contribution in [0.15, 0.2) is 28.3 Å². The SMILES string of the molecule is CC(C)CCSc1ccc(F)cc1/C(N)=N/O. The van der Waals surface area contributed by atoms with E-state index in [1.54, 1.807) is 17.8 Å². The number of nitrogens with two attached hydrogens (primary N) is 1. The van der Waals surface area contributed by atoms with Crippen LogP contribution in [-0.2, 0) is 0 Å². The van der Waals surface area contributed by atoms with Gasteiger partial charge in [-0.25, -0.2) is 4.39 Å². The van der Waals surface area contributed by atoms with Crippen molar-refractivity contribution < 1.29 is 9.60 Å². The average molecular weight is 256 g/mol. The van der Waals surface area contributed by atoms with Crippen LogP contribution < -0.4 is 5.73 Å². The molecular formula is C12H17FN2OS. The van der Waals surface area contributed by atoms with Gasteiger partial charge in [0.2, 0.25) is 0 Å². The minimum atomic E-state index is -0.389. The minimum absolute atomic E-state index is 0.0588. The Morgan fingerprint density at radius 2 is 2.24 bits per heavy atom. The standard InChI is InChI=1S/C12H17FN2OS/c1-8(2)5-6-17-11-4-3-9(13)7-10(11)12(14)15-16/h3-4,7-8,16H,5-6H2,1-2H3,(H2,14,15). The zero-order valence-electron chi connectivity index (χ0n) is 9.98. The van der Waals surface area contributed by atoms with E-state index in [1.807, 2.05) is 0 Å². The Bertz CT molecular complexity index is 407. The number of thioether (sulfide) groups is 1. The van der Waals surface area contributed by atoms with E-state index >= 15 is 0 Å².